The predicted octanol–water partition coefficient (Wildman–Crippen LogP) is 2.98. The molecular formula is C13H15Cl2FO2S. The molecule has 1 aromatic carbocycles. The monoisotopic (exact) mass is 324 g/mol. The highest BCUT2D eigenvalue weighted by Gasteiger charge is 2.46. The van der Waals surface area contributed by atoms with Crippen LogP contribution in [0.1, 0.15) is 12.0 Å². The Morgan fingerprint density at radius 1 is 1.26 bits per heavy atom. The third kappa shape index (κ3) is 2.76. The van der Waals surface area contributed by atoms with Crippen molar-refractivity contribution in [3.05, 3.63) is 35.6 Å². The SMILES string of the molecule is O=S1(=O)CCC(C(CCl)(CCl)c2ccccc2F)C1. The zero-order valence-electron chi connectivity index (χ0n) is 10.3. The Morgan fingerprint density at radius 3 is 2.37 bits per heavy atom. The van der Waals surface area contributed by atoms with Crippen molar-refractivity contribution in [2.45, 2.75) is 11.8 Å². The number of rotatable bonds is 4. The lowest BCUT2D eigenvalue weighted by Gasteiger charge is -2.36. The van der Waals surface area contributed by atoms with Crippen molar-refractivity contribution in [1.82, 2.24) is 0 Å². The van der Waals surface area contributed by atoms with Crippen molar-refractivity contribution >= 4 is 33.0 Å². The lowest BCUT2D eigenvalue weighted by Crippen LogP contribution is -2.40. The first-order valence-electron chi connectivity index (χ1n) is 6.02. The third-order valence-corrected chi connectivity index (χ3v) is 6.62. The largest absolute Gasteiger partial charge is 0.229 e. The van der Waals surface area contributed by atoms with Gasteiger partial charge in [-0.15, -0.1) is 23.2 Å². The number of benzene rings is 1. The molecule has 0 bridgehead atoms. The van der Waals surface area contributed by atoms with E-state index in [1.54, 1.807) is 18.2 Å². The lowest BCUT2D eigenvalue weighted by atomic mass is 9.72. The number of hydrogen-bond acceptors (Lipinski definition) is 2. The van der Waals surface area contributed by atoms with Gasteiger partial charge in [0.25, 0.3) is 0 Å². The second kappa shape index (κ2) is 5.58. The summed E-state index contributed by atoms with van der Waals surface area (Å²) in [5.41, 5.74) is -0.403. The van der Waals surface area contributed by atoms with E-state index in [0.29, 0.717) is 12.0 Å². The van der Waals surface area contributed by atoms with E-state index >= 15 is 0 Å². The molecule has 0 saturated carbocycles. The summed E-state index contributed by atoms with van der Waals surface area (Å²) >= 11 is 12.1. The molecule has 1 saturated heterocycles. The van der Waals surface area contributed by atoms with E-state index in [0.717, 1.165) is 0 Å². The van der Waals surface area contributed by atoms with Crippen LogP contribution < -0.4 is 0 Å². The minimum atomic E-state index is -3.06. The van der Waals surface area contributed by atoms with E-state index in [1.165, 1.54) is 6.07 Å². The average molecular weight is 325 g/mol. The van der Waals surface area contributed by atoms with Gasteiger partial charge in [0.15, 0.2) is 9.84 Å². The molecule has 0 aromatic heterocycles. The van der Waals surface area contributed by atoms with Gasteiger partial charge in [0.2, 0.25) is 0 Å². The Balaban J connectivity index is 2.47. The molecule has 1 aliphatic rings. The molecule has 0 amide bonds. The van der Waals surface area contributed by atoms with Crippen LogP contribution in [0.2, 0.25) is 0 Å². The molecule has 106 valence electrons. The maximum absolute atomic E-state index is 14.0. The van der Waals surface area contributed by atoms with Crippen molar-refractivity contribution in [3.8, 4) is 0 Å². The summed E-state index contributed by atoms with van der Waals surface area (Å²) in [7, 11) is -3.06. The van der Waals surface area contributed by atoms with Gasteiger partial charge in [-0.05, 0) is 24.0 Å². The van der Waals surface area contributed by atoms with Crippen LogP contribution in [0.5, 0.6) is 0 Å². The van der Waals surface area contributed by atoms with E-state index < -0.39 is 15.3 Å². The molecular weight excluding hydrogens is 310 g/mol. The van der Waals surface area contributed by atoms with Gasteiger partial charge in [-0.1, -0.05) is 18.2 Å². The lowest BCUT2D eigenvalue weighted by molar-refractivity contribution is 0.347. The van der Waals surface area contributed by atoms with Crippen molar-refractivity contribution in [2.24, 2.45) is 5.92 Å². The summed E-state index contributed by atoms with van der Waals surface area (Å²) < 4.78 is 37.3. The Bertz CT molecular complexity index is 556. The second-order valence-corrected chi connectivity index (χ2v) is 7.77. The molecule has 1 heterocycles. The molecule has 1 unspecified atom stereocenters. The number of alkyl halides is 2. The fourth-order valence-corrected chi connectivity index (χ4v) is 5.63. The van der Waals surface area contributed by atoms with Crippen molar-refractivity contribution in [3.63, 3.8) is 0 Å². The third-order valence-electron chi connectivity index (χ3n) is 3.90. The summed E-state index contributed by atoms with van der Waals surface area (Å²) in [6, 6.07) is 6.31. The maximum Gasteiger partial charge on any atom is 0.150 e. The van der Waals surface area contributed by atoms with Crippen LogP contribution in [-0.2, 0) is 15.3 Å². The molecule has 1 aromatic rings. The Morgan fingerprint density at radius 2 is 1.89 bits per heavy atom. The Kier molecular flexibility index (Phi) is 4.43. The van der Waals surface area contributed by atoms with Gasteiger partial charge < -0.3 is 0 Å². The molecule has 19 heavy (non-hydrogen) atoms. The Hall–Kier alpha value is -0.320. The topological polar surface area (TPSA) is 34.1 Å². The first-order valence-corrected chi connectivity index (χ1v) is 8.91. The summed E-state index contributed by atoms with van der Waals surface area (Å²) in [6.45, 7) is 0. The highest BCUT2D eigenvalue weighted by molar-refractivity contribution is 7.91. The van der Waals surface area contributed by atoms with Gasteiger partial charge >= 0.3 is 0 Å². The van der Waals surface area contributed by atoms with Crippen molar-refractivity contribution in [2.75, 3.05) is 23.3 Å². The smallest absolute Gasteiger partial charge is 0.150 e. The minimum absolute atomic E-state index is 0.0285. The molecule has 2 nitrogen and oxygen atoms in total. The fourth-order valence-electron chi connectivity index (χ4n) is 2.71. The number of halogens is 3. The molecule has 0 N–H and O–H groups in total. The van der Waals surface area contributed by atoms with Gasteiger partial charge in [0.1, 0.15) is 5.82 Å². The summed E-state index contributed by atoms with van der Waals surface area (Å²) in [6.07, 6.45) is 0.482. The van der Waals surface area contributed by atoms with E-state index in [2.05, 4.69) is 0 Å². The van der Waals surface area contributed by atoms with Crippen LogP contribution in [0, 0.1) is 11.7 Å². The zero-order chi connectivity index (χ0) is 14.1. The highest BCUT2D eigenvalue weighted by Crippen LogP contribution is 2.42. The predicted molar refractivity (Wildman–Crippen MR) is 76.3 cm³/mol. The van der Waals surface area contributed by atoms with E-state index in [-0.39, 0.29) is 35.0 Å². The van der Waals surface area contributed by atoms with Crippen LogP contribution in [0.15, 0.2) is 24.3 Å². The normalized spacial score (nSPS) is 22.6. The summed E-state index contributed by atoms with van der Waals surface area (Å²) in [5.74, 6) is -0.241. The van der Waals surface area contributed by atoms with Crippen LogP contribution in [0.3, 0.4) is 0 Å². The van der Waals surface area contributed by atoms with Crippen molar-refractivity contribution in [1.29, 1.82) is 0 Å². The molecule has 1 atom stereocenters. The molecule has 1 aliphatic heterocycles. The number of sulfone groups is 1. The van der Waals surface area contributed by atoms with E-state index in [4.69, 9.17) is 23.2 Å². The molecule has 6 heteroatoms. The van der Waals surface area contributed by atoms with Gasteiger partial charge in [-0.25, -0.2) is 12.8 Å². The fraction of sp³-hybridized carbons (Fsp3) is 0.538. The molecule has 1 fully saturated rings. The first kappa shape index (κ1) is 15.1. The van der Waals surface area contributed by atoms with Crippen LogP contribution in [-0.4, -0.2) is 31.7 Å². The average Bonchev–Trinajstić information content (AvgIpc) is 2.74. The van der Waals surface area contributed by atoms with Crippen LogP contribution in [0.25, 0.3) is 0 Å². The highest BCUT2D eigenvalue weighted by atomic mass is 35.5. The molecule has 0 radical (unpaired) electrons. The zero-order valence-corrected chi connectivity index (χ0v) is 12.6. The molecule has 0 spiro atoms. The van der Waals surface area contributed by atoms with E-state index in [9.17, 15) is 12.8 Å². The van der Waals surface area contributed by atoms with Gasteiger partial charge in [-0.3, -0.25) is 0 Å². The van der Waals surface area contributed by atoms with Gasteiger partial charge in [0, 0.05) is 17.2 Å². The molecule has 0 aliphatic carbocycles. The molecule has 2 rings (SSSR count). The second-order valence-electron chi connectivity index (χ2n) is 5.00. The minimum Gasteiger partial charge on any atom is -0.229 e. The first-order chi connectivity index (χ1) is 8.95. The maximum atomic E-state index is 14.0. The van der Waals surface area contributed by atoms with Gasteiger partial charge in [-0.2, -0.15) is 0 Å². The quantitative estimate of drug-likeness (QED) is 0.798. The van der Waals surface area contributed by atoms with E-state index in [1.807, 2.05) is 0 Å². The standard InChI is InChI=1S/C13H15Cl2FO2S/c14-8-13(9-15,10-5-6-19(17,18)7-10)11-3-1-2-4-12(11)16/h1-4,10H,5-9H2. The van der Waals surface area contributed by atoms with Crippen molar-refractivity contribution < 1.29 is 12.8 Å². The van der Waals surface area contributed by atoms with Crippen LogP contribution >= 0.6 is 23.2 Å². The van der Waals surface area contributed by atoms with Crippen LogP contribution in [0.4, 0.5) is 4.39 Å². The number of hydrogen-bond donors (Lipinski definition) is 0. The van der Waals surface area contributed by atoms with Gasteiger partial charge in [0.05, 0.1) is 11.5 Å². The summed E-state index contributed by atoms with van der Waals surface area (Å²) in [5, 5.41) is 0. The Labute approximate surface area is 122 Å². The summed E-state index contributed by atoms with van der Waals surface area (Å²) in [4.78, 5) is 0.